The number of carbonyl (C=O) groups is 2. The molecule has 128 valence electrons. The van der Waals surface area contributed by atoms with Crippen LogP contribution in [0.25, 0.3) is 11.1 Å². The Balaban J connectivity index is 1.64. The van der Waals surface area contributed by atoms with Crippen molar-refractivity contribution in [3.63, 3.8) is 0 Å². The predicted octanol–water partition coefficient (Wildman–Crippen LogP) is 2.53. The van der Waals surface area contributed by atoms with Crippen LogP contribution in [0.2, 0.25) is 0 Å². The molecule has 0 bridgehead atoms. The van der Waals surface area contributed by atoms with E-state index in [2.05, 4.69) is 42.3 Å². The first-order valence-corrected chi connectivity index (χ1v) is 8.67. The van der Waals surface area contributed by atoms with E-state index in [1.165, 1.54) is 11.1 Å². The number of hydrogen-bond acceptors (Lipinski definition) is 3. The van der Waals surface area contributed by atoms with Gasteiger partial charge in [-0.2, -0.15) is 0 Å². The molecule has 1 aliphatic carbocycles. The highest BCUT2D eigenvalue weighted by Gasteiger charge is 2.32. The zero-order valence-electron chi connectivity index (χ0n) is 14.5. The Bertz CT molecular complexity index is 851. The van der Waals surface area contributed by atoms with E-state index < -0.39 is 0 Å². The van der Waals surface area contributed by atoms with E-state index in [1.54, 1.807) is 4.90 Å². The van der Waals surface area contributed by atoms with Crippen molar-refractivity contribution in [2.75, 3.05) is 11.4 Å². The second kappa shape index (κ2) is 5.99. The van der Waals surface area contributed by atoms with E-state index in [0.29, 0.717) is 6.04 Å². The number of rotatable bonds is 4. The molecular weight excluding hydrogens is 314 g/mol. The summed E-state index contributed by atoms with van der Waals surface area (Å²) in [6.45, 7) is 4.20. The van der Waals surface area contributed by atoms with Crippen molar-refractivity contribution >= 4 is 17.5 Å². The molecule has 0 spiro atoms. The number of benzene rings is 1. The van der Waals surface area contributed by atoms with Gasteiger partial charge in [0.15, 0.2) is 0 Å². The number of aromatic nitrogens is 1. The number of hydrogen-bond donors (Lipinski definition) is 1. The van der Waals surface area contributed by atoms with Gasteiger partial charge in [0, 0.05) is 17.8 Å². The quantitative estimate of drug-likeness (QED) is 0.934. The minimum absolute atomic E-state index is 0.0639. The number of pyridine rings is 1. The van der Waals surface area contributed by atoms with Crippen LogP contribution in [0, 0.1) is 13.8 Å². The fraction of sp³-hybridized carbons (Fsp3) is 0.350. The van der Waals surface area contributed by atoms with Crippen LogP contribution in [-0.2, 0) is 16.0 Å². The topological polar surface area (TPSA) is 62.3 Å². The number of aryl methyl sites for hydroxylation is 2. The Kier molecular flexibility index (Phi) is 3.79. The minimum Gasteiger partial charge on any atom is -0.352 e. The highest BCUT2D eigenvalue weighted by atomic mass is 16.2. The highest BCUT2D eigenvalue weighted by Crippen LogP contribution is 2.32. The molecular formula is C20H21N3O2. The van der Waals surface area contributed by atoms with E-state index >= 15 is 0 Å². The van der Waals surface area contributed by atoms with Crippen molar-refractivity contribution < 1.29 is 9.59 Å². The van der Waals surface area contributed by atoms with E-state index in [-0.39, 0.29) is 24.8 Å². The van der Waals surface area contributed by atoms with Gasteiger partial charge in [-0.05, 0) is 38.3 Å². The van der Waals surface area contributed by atoms with Crippen LogP contribution in [0.3, 0.4) is 0 Å². The summed E-state index contributed by atoms with van der Waals surface area (Å²) in [5.74, 6) is -0.161. The van der Waals surface area contributed by atoms with Gasteiger partial charge in [0.1, 0.15) is 6.54 Å². The molecule has 5 nitrogen and oxygen atoms in total. The lowest BCUT2D eigenvalue weighted by Crippen LogP contribution is -2.39. The fourth-order valence-corrected chi connectivity index (χ4v) is 3.34. The maximum Gasteiger partial charge on any atom is 0.240 e. The average Bonchev–Trinajstić information content (AvgIpc) is 3.30. The molecule has 1 fully saturated rings. The van der Waals surface area contributed by atoms with Gasteiger partial charge in [0.25, 0.3) is 0 Å². The Morgan fingerprint density at radius 2 is 1.88 bits per heavy atom. The summed E-state index contributed by atoms with van der Waals surface area (Å²) in [5.41, 5.74) is 5.92. The second-order valence-electron chi connectivity index (χ2n) is 7.06. The van der Waals surface area contributed by atoms with Crippen LogP contribution in [-0.4, -0.2) is 29.4 Å². The van der Waals surface area contributed by atoms with Gasteiger partial charge >= 0.3 is 0 Å². The lowest BCUT2D eigenvalue weighted by atomic mass is 10.0. The predicted molar refractivity (Wildman–Crippen MR) is 96.4 cm³/mol. The number of carbonyl (C=O) groups excluding carboxylic acids is 2. The van der Waals surface area contributed by atoms with E-state index in [9.17, 15) is 9.59 Å². The molecule has 0 unspecified atom stereocenters. The number of amides is 2. The van der Waals surface area contributed by atoms with E-state index in [4.69, 9.17) is 0 Å². The highest BCUT2D eigenvalue weighted by molar-refractivity contribution is 6.05. The van der Waals surface area contributed by atoms with Gasteiger partial charge in [0.05, 0.1) is 17.8 Å². The second-order valence-corrected chi connectivity index (χ2v) is 7.06. The Morgan fingerprint density at radius 1 is 1.16 bits per heavy atom. The summed E-state index contributed by atoms with van der Waals surface area (Å²) in [7, 11) is 0. The normalized spacial score (nSPS) is 16.1. The summed E-state index contributed by atoms with van der Waals surface area (Å²) in [6, 6.07) is 8.62. The van der Waals surface area contributed by atoms with Gasteiger partial charge in [-0.3, -0.25) is 14.6 Å². The summed E-state index contributed by atoms with van der Waals surface area (Å²) in [5, 5.41) is 2.94. The largest absolute Gasteiger partial charge is 0.352 e. The molecule has 1 saturated carbocycles. The number of fused-ring (bicyclic) bond motifs is 1. The first-order valence-electron chi connectivity index (χ1n) is 8.67. The third-order valence-corrected chi connectivity index (χ3v) is 4.66. The van der Waals surface area contributed by atoms with Crippen molar-refractivity contribution in [2.24, 2.45) is 0 Å². The molecule has 1 aliphatic heterocycles. The fourth-order valence-electron chi connectivity index (χ4n) is 3.34. The molecule has 2 amide bonds. The van der Waals surface area contributed by atoms with Gasteiger partial charge in [-0.15, -0.1) is 0 Å². The molecule has 0 atom stereocenters. The molecule has 0 radical (unpaired) electrons. The summed E-state index contributed by atoms with van der Waals surface area (Å²) < 4.78 is 0. The SMILES string of the molecule is Cc1cc(C)cc(-c2cnc3c(c2)N(CC(=O)NC2CC2)C(=O)C3)c1. The molecule has 5 heteroatoms. The van der Waals surface area contributed by atoms with Crippen LogP contribution in [0.5, 0.6) is 0 Å². The summed E-state index contributed by atoms with van der Waals surface area (Å²) in [4.78, 5) is 30.5. The molecule has 0 saturated heterocycles. The zero-order chi connectivity index (χ0) is 17.6. The van der Waals surface area contributed by atoms with Crippen LogP contribution in [0.4, 0.5) is 5.69 Å². The molecule has 1 aromatic heterocycles. The first kappa shape index (κ1) is 15.8. The minimum atomic E-state index is -0.0968. The van der Waals surface area contributed by atoms with Crippen LogP contribution < -0.4 is 10.2 Å². The molecule has 2 heterocycles. The van der Waals surface area contributed by atoms with Gasteiger partial charge in [-0.25, -0.2) is 0 Å². The maximum atomic E-state index is 12.3. The Morgan fingerprint density at radius 3 is 2.56 bits per heavy atom. The molecule has 1 aromatic carbocycles. The van der Waals surface area contributed by atoms with Gasteiger partial charge in [0.2, 0.25) is 11.8 Å². The van der Waals surface area contributed by atoms with Gasteiger partial charge < -0.3 is 10.2 Å². The average molecular weight is 335 g/mol. The Hall–Kier alpha value is -2.69. The van der Waals surface area contributed by atoms with E-state index in [1.807, 2.05) is 12.3 Å². The standard InChI is InChI=1S/C20H21N3O2/c1-12-5-13(2)7-14(6-12)15-8-18-17(21-10-15)9-20(25)23(18)11-19(24)22-16-3-4-16/h5-8,10,16H,3-4,9,11H2,1-2H3,(H,22,24). The first-order chi connectivity index (χ1) is 12.0. The third kappa shape index (κ3) is 3.27. The van der Waals surface area contributed by atoms with E-state index in [0.717, 1.165) is 35.3 Å². The summed E-state index contributed by atoms with van der Waals surface area (Å²) in [6.07, 6.45) is 4.15. The van der Waals surface area contributed by atoms with Crippen molar-refractivity contribution in [1.29, 1.82) is 0 Å². The van der Waals surface area contributed by atoms with Crippen LogP contribution >= 0.6 is 0 Å². The maximum absolute atomic E-state index is 12.3. The molecule has 4 rings (SSSR count). The van der Waals surface area contributed by atoms with Crippen LogP contribution in [0.15, 0.2) is 30.5 Å². The molecule has 2 aromatic rings. The molecule has 1 N–H and O–H groups in total. The number of nitrogens with zero attached hydrogens (tertiary/aromatic N) is 2. The van der Waals surface area contributed by atoms with Crippen LogP contribution in [0.1, 0.15) is 29.7 Å². The zero-order valence-corrected chi connectivity index (χ0v) is 14.5. The smallest absolute Gasteiger partial charge is 0.240 e. The lowest BCUT2D eigenvalue weighted by molar-refractivity contribution is -0.123. The molecule has 25 heavy (non-hydrogen) atoms. The number of nitrogens with one attached hydrogen (secondary N) is 1. The monoisotopic (exact) mass is 335 g/mol. The molecule has 2 aliphatic rings. The van der Waals surface area contributed by atoms with Crippen molar-refractivity contribution in [1.82, 2.24) is 10.3 Å². The Labute approximate surface area is 147 Å². The van der Waals surface area contributed by atoms with Gasteiger partial charge in [-0.1, -0.05) is 29.3 Å². The number of anilines is 1. The van der Waals surface area contributed by atoms with Crippen molar-refractivity contribution in [3.8, 4) is 11.1 Å². The van der Waals surface area contributed by atoms with Crippen molar-refractivity contribution in [3.05, 3.63) is 47.3 Å². The van der Waals surface area contributed by atoms with Crippen molar-refractivity contribution in [2.45, 2.75) is 39.2 Å². The third-order valence-electron chi connectivity index (χ3n) is 4.66. The summed E-state index contributed by atoms with van der Waals surface area (Å²) >= 11 is 0. The lowest BCUT2D eigenvalue weighted by Gasteiger charge is -2.17.